The molecule has 0 bridgehead atoms. The molecule has 1 fully saturated rings. The molecule has 1 atom stereocenters. The summed E-state index contributed by atoms with van der Waals surface area (Å²) in [5.74, 6) is -1.28. The van der Waals surface area contributed by atoms with Gasteiger partial charge in [-0.15, -0.1) is 0 Å². The van der Waals surface area contributed by atoms with Crippen molar-refractivity contribution in [1.82, 2.24) is 15.2 Å². The van der Waals surface area contributed by atoms with Crippen LogP contribution in [0.2, 0.25) is 0 Å². The summed E-state index contributed by atoms with van der Waals surface area (Å²) in [5.41, 5.74) is 2.04. The molecule has 20 heavy (non-hydrogen) atoms. The van der Waals surface area contributed by atoms with Crippen LogP contribution in [-0.4, -0.2) is 40.1 Å². The van der Waals surface area contributed by atoms with Crippen LogP contribution in [0.1, 0.15) is 24.0 Å². The van der Waals surface area contributed by atoms with Crippen LogP contribution in [0.5, 0.6) is 0 Å². The number of rotatable bonds is 3. The molecule has 0 aliphatic carbocycles. The average molecular weight is 277 g/mol. The fourth-order valence-corrected chi connectivity index (χ4v) is 2.33. The number of amides is 2. The third-order valence-corrected chi connectivity index (χ3v) is 3.64. The van der Waals surface area contributed by atoms with Crippen molar-refractivity contribution in [2.75, 3.05) is 13.1 Å². The zero-order valence-corrected chi connectivity index (χ0v) is 11.5. The molecule has 1 aromatic rings. The lowest BCUT2D eigenvalue weighted by atomic mass is 9.99. The summed E-state index contributed by atoms with van der Waals surface area (Å²) in [7, 11) is 0. The molecule has 2 amide bonds. The number of likely N-dealkylation sites (tertiary alicyclic amines) is 1. The minimum Gasteiger partial charge on any atom is -0.481 e. The van der Waals surface area contributed by atoms with Gasteiger partial charge >= 0.3 is 12.0 Å². The number of aliphatic carboxylic acids is 1. The maximum atomic E-state index is 12.1. The number of aromatic nitrogens is 1. The van der Waals surface area contributed by atoms with E-state index in [0.29, 0.717) is 19.5 Å². The average Bonchev–Trinajstić information content (AvgIpc) is 2.46. The number of carboxylic acids is 1. The fourth-order valence-electron chi connectivity index (χ4n) is 2.33. The van der Waals surface area contributed by atoms with Crippen LogP contribution in [-0.2, 0) is 11.3 Å². The molecular formula is C14H19N3O3. The topological polar surface area (TPSA) is 82.5 Å². The number of carboxylic acid groups (broad SMARTS) is 1. The van der Waals surface area contributed by atoms with E-state index in [2.05, 4.69) is 10.3 Å². The largest absolute Gasteiger partial charge is 0.481 e. The zero-order chi connectivity index (χ0) is 14.5. The maximum absolute atomic E-state index is 12.1. The second-order valence-electron chi connectivity index (χ2n) is 5.08. The Morgan fingerprint density at radius 2 is 2.35 bits per heavy atom. The van der Waals surface area contributed by atoms with Crippen LogP contribution in [0.3, 0.4) is 0 Å². The molecule has 2 heterocycles. The molecule has 1 aliphatic heterocycles. The Balaban J connectivity index is 1.89. The van der Waals surface area contributed by atoms with Gasteiger partial charge in [-0.1, -0.05) is 0 Å². The summed E-state index contributed by atoms with van der Waals surface area (Å²) in [5, 5.41) is 11.8. The van der Waals surface area contributed by atoms with Crippen LogP contribution in [0.4, 0.5) is 4.79 Å². The maximum Gasteiger partial charge on any atom is 0.317 e. The third-order valence-electron chi connectivity index (χ3n) is 3.64. The predicted molar refractivity (Wildman–Crippen MR) is 73.1 cm³/mol. The second kappa shape index (κ2) is 6.36. The standard InChI is InChI=1S/C14H19N3O3/c1-10-4-5-15-7-12(10)8-16-14(20)17-6-2-3-11(9-17)13(18)19/h4-5,7,11H,2-3,6,8-9H2,1H3,(H,16,20)(H,18,19)/t11-/m1/s1. The Morgan fingerprint density at radius 3 is 3.05 bits per heavy atom. The van der Waals surface area contributed by atoms with Crippen molar-refractivity contribution >= 4 is 12.0 Å². The number of nitrogens with one attached hydrogen (secondary N) is 1. The number of aryl methyl sites for hydroxylation is 1. The molecule has 1 aliphatic rings. The number of piperidine rings is 1. The Bertz CT molecular complexity index is 504. The van der Waals surface area contributed by atoms with E-state index in [1.807, 2.05) is 13.0 Å². The van der Waals surface area contributed by atoms with E-state index in [0.717, 1.165) is 17.5 Å². The molecule has 0 spiro atoms. The van der Waals surface area contributed by atoms with Crippen molar-refractivity contribution in [1.29, 1.82) is 0 Å². The quantitative estimate of drug-likeness (QED) is 0.874. The highest BCUT2D eigenvalue weighted by Crippen LogP contribution is 2.16. The first-order valence-electron chi connectivity index (χ1n) is 6.73. The van der Waals surface area contributed by atoms with Crippen molar-refractivity contribution in [3.8, 4) is 0 Å². The van der Waals surface area contributed by atoms with E-state index in [1.165, 1.54) is 0 Å². The Labute approximate surface area is 117 Å². The smallest absolute Gasteiger partial charge is 0.317 e. The van der Waals surface area contributed by atoms with Crippen LogP contribution >= 0.6 is 0 Å². The fraction of sp³-hybridized carbons (Fsp3) is 0.500. The van der Waals surface area contributed by atoms with Gasteiger partial charge in [0.25, 0.3) is 0 Å². The number of urea groups is 1. The minimum absolute atomic E-state index is 0.209. The predicted octanol–water partition coefficient (Wildman–Crippen LogP) is 1.40. The van der Waals surface area contributed by atoms with E-state index < -0.39 is 11.9 Å². The van der Waals surface area contributed by atoms with Gasteiger partial charge in [0.05, 0.1) is 5.92 Å². The van der Waals surface area contributed by atoms with Gasteiger partial charge in [0, 0.05) is 32.0 Å². The van der Waals surface area contributed by atoms with Crippen LogP contribution in [0, 0.1) is 12.8 Å². The van der Waals surface area contributed by atoms with Crippen LogP contribution in [0.25, 0.3) is 0 Å². The Kier molecular flexibility index (Phi) is 4.55. The first-order valence-corrected chi connectivity index (χ1v) is 6.73. The third kappa shape index (κ3) is 3.46. The SMILES string of the molecule is Cc1ccncc1CNC(=O)N1CCC[C@@H](C(=O)O)C1. The molecule has 0 radical (unpaired) electrons. The van der Waals surface area contributed by atoms with E-state index in [1.54, 1.807) is 17.3 Å². The van der Waals surface area contributed by atoms with E-state index in [4.69, 9.17) is 5.11 Å². The number of pyridine rings is 1. The van der Waals surface area contributed by atoms with Crippen molar-refractivity contribution < 1.29 is 14.7 Å². The van der Waals surface area contributed by atoms with Gasteiger partial charge in [-0.25, -0.2) is 4.79 Å². The molecule has 2 rings (SSSR count). The molecule has 6 nitrogen and oxygen atoms in total. The number of hydrogen-bond acceptors (Lipinski definition) is 3. The zero-order valence-electron chi connectivity index (χ0n) is 11.5. The molecule has 0 aromatic carbocycles. The lowest BCUT2D eigenvalue weighted by molar-refractivity contribution is -0.143. The molecule has 108 valence electrons. The molecular weight excluding hydrogens is 258 g/mol. The molecule has 1 aromatic heterocycles. The summed E-state index contributed by atoms with van der Waals surface area (Å²) < 4.78 is 0. The van der Waals surface area contributed by atoms with Gasteiger partial charge in [-0.3, -0.25) is 9.78 Å². The molecule has 2 N–H and O–H groups in total. The summed E-state index contributed by atoms with van der Waals surface area (Å²) in [6.07, 6.45) is 4.81. The van der Waals surface area contributed by atoms with Crippen LogP contribution in [0.15, 0.2) is 18.5 Å². The van der Waals surface area contributed by atoms with Gasteiger partial charge in [0.2, 0.25) is 0 Å². The summed E-state index contributed by atoms with van der Waals surface area (Å²) in [6.45, 7) is 3.27. The number of carbonyl (C=O) groups excluding carboxylic acids is 1. The van der Waals surface area contributed by atoms with Crippen LogP contribution < -0.4 is 5.32 Å². The highest BCUT2D eigenvalue weighted by Gasteiger charge is 2.27. The van der Waals surface area contributed by atoms with Gasteiger partial charge in [-0.2, -0.15) is 0 Å². The summed E-state index contributed by atoms with van der Waals surface area (Å²) in [4.78, 5) is 28.6. The van der Waals surface area contributed by atoms with Gasteiger partial charge < -0.3 is 15.3 Å². The normalized spacial score (nSPS) is 18.6. The van der Waals surface area contributed by atoms with E-state index >= 15 is 0 Å². The van der Waals surface area contributed by atoms with Gasteiger partial charge in [0.1, 0.15) is 0 Å². The minimum atomic E-state index is -0.828. The number of carbonyl (C=O) groups is 2. The van der Waals surface area contributed by atoms with Crippen molar-refractivity contribution in [3.63, 3.8) is 0 Å². The molecule has 0 unspecified atom stereocenters. The Hall–Kier alpha value is -2.11. The van der Waals surface area contributed by atoms with E-state index in [-0.39, 0.29) is 12.6 Å². The van der Waals surface area contributed by atoms with Gasteiger partial charge in [-0.05, 0) is 37.0 Å². The molecule has 6 heteroatoms. The van der Waals surface area contributed by atoms with E-state index in [9.17, 15) is 9.59 Å². The summed E-state index contributed by atoms with van der Waals surface area (Å²) >= 11 is 0. The highest BCUT2D eigenvalue weighted by atomic mass is 16.4. The first-order chi connectivity index (χ1) is 9.58. The van der Waals surface area contributed by atoms with Gasteiger partial charge in [0.15, 0.2) is 0 Å². The molecule has 0 saturated carbocycles. The Morgan fingerprint density at radius 1 is 1.55 bits per heavy atom. The lowest BCUT2D eigenvalue weighted by Crippen LogP contribution is -2.46. The monoisotopic (exact) mass is 277 g/mol. The summed E-state index contributed by atoms with van der Waals surface area (Å²) in [6, 6.07) is 1.68. The van der Waals surface area contributed by atoms with Crippen molar-refractivity contribution in [3.05, 3.63) is 29.6 Å². The lowest BCUT2D eigenvalue weighted by Gasteiger charge is -2.30. The van der Waals surface area contributed by atoms with Crippen molar-refractivity contribution in [2.24, 2.45) is 5.92 Å². The molecule has 1 saturated heterocycles. The van der Waals surface area contributed by atoms with Crippen molar-refractivity contribution in [2.45, 2.75) is 26.3 Å². The highest BCUT2D eigenvalue weighted by molar-refractivity contribution is 5.76. The number of hydrogen-bond donors (Lipinski definition) is 2. The second-order valence-corrected chi connectivity index (χ2v) is 5.08. The first kappa shape index (κ1) is 14.3. The number of nitrogens with zero attached hydrogens (tertiary/aromatic N) is 2.